The fraction of sp³-hybridized carbons (Fsp3) is 0.292. The third kappa shape index (κ3) is 8.13. The molecule has 29 heavy (non-hydrogen) atoms. The van der Waals surface area contributed by atoms with Crippen molar-refractivity contribution in [1.82, 2.24) is 20.6 Å². The van der Waals surface area contributed by atoms with Gasteiger partial charge in [0.1, 0.15) is 5.82 Å². The first-order chi connectivity index (χ1) is 14.0. The minimum atomic E-state index is -0.214. The highest BCUT2D eigenvalue weighted by Crippen LogP contribution is 2.19. The molecule has 5 nitrogen and oxygen atoms in total. The van der Waals surface area contributed by atoms with Crippen LogP contribution in [0.1, 0.15) is 36.7 Å². The van der Waals surface area contributed by atoms with Gasteiger partial charge in [0.25, 0.3) is 0 Å². The number of nitrogens with one attached hydrogen (secondary N) is 2. The number of aryl methyl sites for hydroxylation is 2. The predicted molar refractivity (Wildman–Crippen MR) is 119 cm³/mol. The molecule has 0 unspecified atom stereocenters. The Bertz CT molecular complexity index is 882. The molecule has 0 radical (unpaired) electrons. The molecule has 0 aromatic carbocycles. The topological polar surface area (TPSA) is 66.9 Å². The van der Waals surface area contributed by atoms with Gasteiger partial charge >= 0.3 is 6.03 Å². The number of hydrogen-bond donors (Lipinski definition) is 2. The van der Waals surface area contributed by atoms with Gasteiger partial charge in [-0.05, 0) is 38.0 Å². The standard InChI is InChI=1S/C24H30N4O/c1-5-8-19(3)28-24(29)27-16-21-10-6-11-22(13-12-21)23-15-18(2)9-7-14-25-20(4)26-17-23/h6-7,9-15,17,21H,3,5,8,16H2,1-2,4H3,(H2,27,28,29)/t21-/m0/s1. The van der Waals surface area contributed by atoms with Crippen molar-refractivity contribution in [3.8, 4) is 0 Å². The summed E-state index contributed by atoms with van der Waals surface area (Å²) in [6, 6.07) is 5.81. The summed E-state index contributed by atoms with van der Waals surface area (Å²) in [7, 11) is 0. The molecule has 2 N–H and O–H groups in total. The molecule has 0 fully saturated rings. The van der Waals surface area contributed by atoms with E-state index in [0.29, 0.717) is 12.4 Å². The average Bonchev–Trinajstić information content (AvgIpc) is 2.92. The molecule has 1 aromatic rings. The fourth-order valence-corrected chi connectivity index (χ4v) is 2.79. The van der Waals surface area contributed by atoms with Crippen molar-refractivity contribution in [3.63, 3.8) is 0 Å². The van der Waals surface area contributed by atoms with Crippen molar-refractivity contribution in [2.45, 2.75) is 33.6 Å². The van der Waals surface area contributed by atoms with E-state index < -0.39 is 0 Å². The maximum absolute atomic E-state index is 12.0. The SMILES string of the molecule is C=C(CCC)NC(=O)NC[C@H]1C=CC=C(c2cnc(C)ncccc(C)c2)C=C1. The van der Waals surface area contributed by atoms with Crippen molar-refractivity contribution in [2.75, 3.05) is 6.54 Å². The number of aromatic nitrogens is 2. The Morgan fingerprint density at radius 3 is 2.86 bits per heavy atom. The maximum atomic E-state index is 12.0. The van der Waals surface area contributed by atoms with Crippen LogP contribution in [-0.4, -0.2) is 22.5 Å². The lowest BCUT2D eigenvalue weighted by atomic mass is 10.1. The molecule has 1 heterocycles. The van der Waals surface area contributed by atoms with Gasteiger partial charge in [-0.25, -0.2) is 14.8 Å². The second kappa shape index (κ2) is 11.6. The second-order valence-corrected chi connectivity index (χ2v) is 7.00. The van der Waals surface area contributed by atoms with Gasteiger partial charge in [0.2, 0.25) is 0 Å². The minimum Gasteiger partial charge on any atom is -0.337 e. The van der Waals surface area contributed by atoms with Gasteiger partial charge in [0.05, 0.1) is 0 Å². The third-order valence-electron chi connectivity index (χ3n) is 4.31. The molecule has 1 aliphatic rings. The molecular formula is C24H30N4O. The molecule has 2 amide bonds. The van der Waals surface area contributed by atoms with Crippen LogP contribution in [0.25, 0.3) is 5.57 Å². The molecule has 0 saturated carbocycles. The van der Waals surface area contributed by atoms with Gasteiger partial charge in [0, 0.05) is 36.1 Å². The number of rotatable bonds is 6. The Kier molecular flexibility index (Phi) is 8.83. The lowest BCUT2D eigenvalue weighted by molar-refractivity contribution is 0.242. The summed E-state index contributed by atoms with van der Waals surface area (Å²) in [6.07, 6.45) is 15.6. The van der Waals surface area contributed by atoms with Gasteiger partial charge in [-0.1, -0.05) is 61.9 Å². The highest BCUT2D eigenvalue weighted by Gasteiger charge is 2.08. The molecule has 0 aliphatic heterocycles. The number of urea groups is 1. The summed E-state index contributed by atoms with van der Waals surface area (Å²) < 4.78 is 0. The Hall–Kier alpha value is -3.21. The van der Waals surface area contributed by atoms with Crippen LogP contribution in [0.3, 0.4) is 0 Å². The summed E-state index contributed by atoms with van der Waals surface area (Å²) in [5.74, 6) is 0.806. The Morgan fingerprint density at radius 1 is 1.24 bits per heavy atom. The van der Waals surface area contributed by atoms with E-state index in [1.807, 2.05) is 38.3 Å². The van der Waals surface area contributed by atoms with Crippen LogP contribution in [0.5, 0.6) is 0 Å². The molecule has 0 bridgehead atoms. The van der Waals surface area contributed by atoms with E-state index >= 15 is 0 Å². The van der Waals surface area contributed by atoms with Crippen molar-refractivity contribution < 1.29 is 4.79 Å². The molecule has 0 spiro atoms. The van der Waals surface area contributed by atoms with E-state index in [-0.39, 0.29) is 11.9 Å². The number of nitrogens with zero attached hydrogens (tertiary/aromatic N) is 2. The first-order valence-corrected chi connectivity index (χ1v) is 9.91. The summed E-state index contributed by atoms with van der Waals surface area (Å²) in [5.41, 5.74) is 3.91. The minimum absolute atomic E-state index is 0.105. The van der Waals surface area contributed by atoms with Gasteiger partial charge < -0.3 is 10.6 Å². The highest BCUT2D eigenvalue weighted by molar-refractivity contribution is 5.76. The van der Waals surface area contributed by atoms with Gasteiger partial charge in [0.15, 0.2) is 0 Å². The molecule has 2 rings (SSSR count). The van der Waals surface area contributed by atoms with Gasteiger partial charge in [-0.3, -0.25) is 0 Å². The molecular weight excluding hydrogens is 360 g/mol. The van der Waals surface area contributed by atoms with Crippen LogP contribution in [0.4, 0.5) is 4.79 Å². The first kappa shape index (κ1) is 22.1. The third-order valence-corrected chi connectivity index (χ3v) is 4.31. The van der Waals surface area contributed by atoms with Crippen LogP contribution in [0.15, 0.2) is 73.2 Å². The van der Waals surface area contributed by atoms with Crippen molar-refractivity contribution in [3.05, 3.63) is 90.2 Å². The molecule has 1 aromatic heterocycles. The maximum Gasteiger partial charge on any atom is 0.318 e. The largest absolute Gasteiger partial charge is 0.337 e. The van der Waals surface area contributed by atoms with E-state index in [1.54, 1.807) is 6.20 Å². The van der Waals surface area contributed by atoms with Gasteiger partial charge in [-0.2, -0.15) is 0 Å². The predicted octanol–water partition coefficient (Wildman–Crippen LogP) is 4.96. The lowest BCUT2D eigenvalue weighted by Gasteiger charge is -2.11. The molecule has 1 atom stereocenters. The summed E-state index contributed by atoms with van der Waals surface area (Å²) in [4.78, 5) is 20.7. The molecule has 0 saturated heterocycles. The van der Waals surface area contributed by atoms with Crippen LogP contribution in [-0.2, 0) is 0 Å². The van der Waals surface area contributed by atoms with E-state index in [1.165, 1.54) is 0 Å². The number of carbonyl (C=O) groups excluding carboxylic acids is 1. The number of carbonyl (C=O) groups is 1. The summed E-state index contributed by atoms with van der Waals surface area (Å²) >= 11 is 0. The van der Waals surface area contributed by atoms with E-state index in [4.69, 9.17) is 0 Å². The van der Waals surface area contributed by atoms with Crippen LogP contribution >= 0.6 is 0 Å². The Balaban J connectivity index is 2.09. The fourth-order valence-electron chi connectivity index (χ4n) is 2.79. The van der Waals surface area contributed by atoms with E-state index in [2.05, 4.69) is 64.5 Å². The number of allylic oxidation sites excluding steroid dienone is 5. The Morgan fingerprint density at radius 2 is 2.07 bits per heavy atom. The van der Waals surface area contributed by atoms with Crippen molar-refractivity contribution >= 4 is 11.6 Å². The molecule has 152 valence electrons. The van der Waals surface area contributed by atoms with Gasteiger partial charge in [-0.15, -0.1) is 0 Å². The van der Waals surface area contributed by atoms with E-state index in [0.717, 1.165) is 35.2 Å². The smallest absolute Gasteiger partial charge is 0.318 e. The lowest BCUT2D eigenvalue weighted by Crippen LogP contribution is -2.37. The van der Waals surface area contributed by atoms with Crippen LogP contribution < -0.4 is 10.6 Å². The Labute approximate surface area is 173 Å². The molecule has 1 aliphatic carbocycles. The summed E-state index contributed by atoms with van der Waals surface area (Å²) in [5, 5.41) is 5.67. The number of hydrogen-bond acceptors (Lipinski definition) is 3. The van der Waals surface area contributed by atoms with Crippen molar-refractivity contribution in [2.24, 2.45) is 5.92 Å². The summed E-state index contributed by atoms with van der Waals surface area (Å²) in [6.45, 7) is 10.3. The van der Waals surface area contributed by atoms with Crippen LogP contribution in [0, 0.1) is 19.8 Å². The normalized spacial score (nSPS) is 15.0. The highest BCUT2D eigenvalue weighted by atomic mass is 16.2. The monoisotopic (exact) mass is 390 g/mol. The first-order valence-electron chi connectivity index (χ1n) is 9.91. The van der Waals surface area contributed by atoms with Crippen LogP contribution in [0.2, 0.25) is 0 Å². The zero-order valence-corrected chi connectivity index (χ0v) is 17.5. The zero-order chi connectivity index (χ0) is 21.1. The average molecular weight is 391 g/mol. The van der Waals surface area contributed by atoms with Crippen molar-refractivity contribution in [1.29, 1.82) is 0 Å². The second-order valence-electron chi connectivity index (χ2n) is 7.00. The quantitative estimate of drug-likeness (QED) is 0.722. The van der Waals surface area contributed by atoms with E-state index in [9.17, 15) is 4.79 Å². The zero-order valence-electron chi connectivity index (χ0n) is 17.5. The number of amides is 2. The molecule has 5 heteroatoms.